The summed E-state index contributed by atoms with van der Waals surface area (Å²) in [6.07, 6.45) is 3.26. The van der Waals surface area contributed by atoms with Gasteiger partial charge in [0.05, 0.1) is 18.5 Å². The minimum atomic E-state index is -0.474. The number of esters is 1. The highest BCUT2D eigenvalue weighted by molar-refractivity contribution is 7.15. The Labute approximate surface area is 140 Å². The van der Waals surface area contributed by atoms with E-state index in [0.717, 1.165) is 16.9 Å². The van der Waals surface area contributed by atoms with Gasteiger partial charge in [-0.2, -0.15) is 4.98 Å². The quantitative estimate of drug-likeness (QED) is 0.704. The fourth-order valence-corrected chi connectivity index (χ4v) is 2.70. The highest BCUT2D eigenvalue weighted by Gasteiger charge is 2.15. The Morgan fingerprint density at radius 2 is 1.96 bits per heavy atom. The second-order valence-corrected chi connectivity index (χ2v) is 5.67. The van der Waals surface area contributed by atoms with E-state index >= 15 is 0 Å². The minimum absolute atomic E-state index is 0.0857. The standard InChI is InChI=1S/C15H12N4O4S/c1-22-15(21)11-3-2-10(24-11)14(20)17-8-12-18-13(19-23-12)9-4-6-16-7-5-9/h2-7H,8H2,1H3,(H,17,20). The van der Waals surface area contributed by atoms with Crippen LogP contribution in [0.4, 0.5) is 0 Å². The lowest BCUT2D eigenvalue weighted by atomic mass is 10.2. The van der Waals surface area contributed by atoms with E-state index in [2.05, 4.69) is 25.2 Å². The number of nitrogens with one attached hydrogen (secondary N) is 1. The largest absolute Gasteiger partial charge is 0.465 e. The molecule has 0 aliphatic rings. The molecule has 0 radical (unpaired) electrons. The fraction of sp³-hybridized carbons (Fsp3) is 0.133. The molecule has 3 aromatic heterocycles. The monoisotopic (exact) mass is 344 g/mol. The number of hydrogen-bond acceptors (Lipinski definition) is 8. The first kappa shape index (κ1) is 15.8. The summed E-state index contributed by atoms with van der Waals surface area (Å²) in [6, 6.07) is 6.61. The third-order valence-corrected chi connectivity index (χ3v) is 4.09. The predicted molar refractivity (Wildman–Crippen MR) is 84.4 cm³/mol. The van der Waals surface area contributed by atoms with Gasteiger partial charge in [0, 0.05) is 18.0 Å². The Balaban J connectivity index is 1.62. The van der Waals surface area contributed by atoms with Crippen molar-refractivity contribution in [3.63, 3.8) is 0 Å². The number of aromatic nitrogens is 3. The van der Waals surface area contributed by atoms with E-state index in [0.29, 0.717) is 15.6 Å². The van der Waals surface area contributed by atoms with Crippen molar-refractivity contribution in [3.05, 3.63) is 52.3 Å². The second kappa shape index (κ2) is 7.01. The molecule has 8 nitrogen and oxygen atoms in total. The molecule has 24 heavy (non-hydrogen) atoms. The molecule has 0 aromatic carbocycles. The molecule has 122 valence electrons. The molecule has 9 heteroatoms. The van der Waals surface area contributed by atoms with Crippen LogP contribution in [0.1, 0.15) is 25.2 Å². The van der Waals surface area contributed by atoms with Crippen molar-refractivity contribution >= 4 is 23.2 Å². The van der Waals surface area contributed by atoms with Gasteiger partial charge in [0.2, 0.25) is 11.7 Å². The van der Waals surface area contributed by atoms with Gasteiger partial charge in [-0.1, -0.05) is 5.16 Å². The topological polar surface area (TPSA) is 107 Å². The Kier molecular flexibility index (Phi) is 4.62. The number of pyridine rings is 1. The first-order valence-electron chi connectivity index (χ1n) is 6.86. The van der Waals surface area contributed by atoms with Crippen LogP contribution >= 0.6 is 11.3 Å². The Bertz CT molecular complexity index is 859. The van der Waals surface area contributed by atoms with E-state index < -0.39 is 5.97 Å². The number of amides is 1. The molecular weight excluding hydrogens is 332 g/mol. The van der Waals surface area contributed by atoms with Crippen molar-refractivity contribution in [2.24, 2.45) is 0 Å². The Morgan fingerprint density at radius 3 is 2.71 bits per heavy atom. The number of carbonyl (C=O) groups is 2. The number of methoxy groups -OCH3 is 1. The van der Waals surface area contributed by atoms with Gasteiger partial charge in [-0.15, -0.1) is 11.3 Å². The molecule has 0 saturated carbocycles. The molecule has 3 heterocycles. The van der Waals surface area contributed by atoms with Crippen LogP contribution in [-0.2, 0) is 11.3 Å². The smallest absolute Gasteiger partial charge is 0.348 e. The van der Waals surface area contributed by atoms with E-state index in [-0.39, 0.29) is 18.3 Å². The first-order valence-corrected chi connectivity index (χ1v) is 7.68. The average molecular weight is 344 g/mol. The summed E-state index contributed by atoms with van der Waals surface area (Å²) in [7, 11) is 1.29. The molecule has 0 atom stereocenters. The maximum atomic E-state index is 12.1. The highest BCUT2D eigenvalue weighted by atomic mass is 32.1. The van der Waals surface area contributed by atoms with Gasteiger partial charge in [0.25, 0.3) is 5.91 Å². The van der Waals surface area contributed by atoms with Gasteiger partial charge < -0.3 is 14.6 Å². The lowest BCUT2D eigenvalue weighted by Crippen LogP contribution is -2.21. The van der Waals surface area contributed by atoms with E-state index in [9.17, 15) is 9.59 Å². The van der Waals surface area contributed by atoms with Crippen LogP contribution in [0.3, 0.4) is 0 Å². The molecule has 1 N–H and O–H groups in total. The lowest BCUT2D eigenvalue weighted by molar-refractivity contribution is 0.0606. The van der Waals surface area contributed by atoms with Gasteiger partial charge in [0.1, 0.15) is 4.88 Å². The highest BCUT2D eigenvalue weighted by Crippen LogP contribution is 2.18. The molecule has 0 aliphatic heterocycles. The van der Waals surface area contributed by atoms with Crippen molar-refractivity contribution in [1.82, 2.24) is 20.4 Å². The zero-order valence-electron chi connectivity index (χ0n) is 12.6. The van der Waals surface area contributed by atoms with Crippen molar-refractivity contribution in [2.75, 3.05) is 7.11 Å². The molecule has 0 aliphatic carbocycles. The molecule has 1 amide bonds. The average Bonchev–Trinajstić information content (AvgIpc) is 3.29. The zero-order valence-corrected chi connectivity index (χ0v) is 13.4. The second-order valence-electron chi connectivity index (χ2n) is 4.59. The number of carbonyl (C=O) groups excluding carboxylic acids is 2. The molecule has 3 rings (SSSR count). The van der Waals surface area contributed by atoms with Crippen LogP contribution in [0.15, 0.2) is 41.2 Å². The maximum Gasteiger partial charge on any atom is 0.348 e. The van der Waals surface area contributed by atoms with Crippen LogP contribution in [0.5, 0.6) is 0 Å². The van der Waals surface area contributed by atoms with Crippen LogP contribution in [0.2, 0.25) is 0 Å². The first-order chi connectivity index (χ1) is 11.7. The van der Waals surface area contributed by atoms with Crippen molar-refractivity contribution in [3.8, 4) is 11.4 Å². The van der Waals surface area contributed by atoms with Crippen molar-refractivity contribution in [2.45, 2.75) is 6.54 Å². The van der Waals surface area contributed by atoms with E-state index in [1.54, 1.807) is 36.7 Å². The van der Waals surface area contributed by atoms with Gasteiger partial charge in [-0.3, -0.25) is 9.78 Å². The normalized spacial score (nSPS) is 10.4. The van der Waals surface area contributed by atoms with Gasteiger partial charge in [-0.25, -0.2) is 4.79 Å². The molecule has 0 unspecified atom stereocenters. The molecule has 0 fully saturated rings. The van der Waals surface area contributed by atoms with E-state index in [4.69, 9.17) is 4.52 Å². The number of hydrogen-bond donors (Lipinski definition) is 1. The van der Waals surface area contributed by atoms with Crippen LogP contribution < -0.4 is 5.32 Å². The summed E-state index contributed by atoms with van der Waals surface area (Å²) >= 11 is 1.05. The SMILES string of the molecule is COC(=O)c1ccc(C(=O)NCc2nc(-c3ccncc3)no2)s1. The van der Waals surface area contributed by atoms with Crippen LogP contribution in [0, 0.1) is 0 Å². The predicted octanol–water partition coefficient (Wildman–Crippen LogP) is 1.91. The third kappa shape index (κ3) is 3.46. The summed E-state index contributed by atoms with van der Waals surface area (Å²) in [6.45, 7) is 0.0857. The summed E-state index contributed by atoms with van der Waals surface area (Å²) in [5.41, 5.74) is 0.771. The minimum Gasteiger partial charge on any atom is -0.465 e. The summed E-state index contributed by atoms with van der Waals surface area (Å²) in [5.74, 6) is -0.109. The zero-order chi connectivity index (χ0) is 16.9. The molecule has 0 bridgehead atoms. The van der Waals surface area contributed by atoms with Crippen molar-refractivity contribution < 1.29 is 18.8 Å². The summed E-state index contributed by atoms with van der Waals surface area (Å²) in [5, 5.41) is 6.51. The van der Waals surface area contributed by atoms with Gasteiger partial charge in [0.15, 0.2) is 0 Å². The van der Waals surface area contributed by atoms with Crippen molar-refractivity contribution in [1.29, 1.82) is 0 Å². The van der Waals surface area contributed by atoms with Gasteiger partial charge >= 0.3 is 5.97 Å². The van der Waals surface area contributed by atoms with Gasteiger partial charge in [-0.05, 0) is 24.3 Å². The number of nitrogens with zero attached hydrogens (tertiary/aromatic N) is 3. The molecule has 0 spiro atoms. The van der Waals surface area contributed by atoms with Crippen LogP contribution in [-0.4, -0.2) is 34.1 Å². The number of ether oxygens (including phenoxy) is 1. The molecular formula is C15H12N4O4S. The lowest BCUT2D eigenvalue weighted by Gasteiger charge is -1.98. The Morgan fingerprint density at radius 1 is 1.21 bits per heavy atom. The molecule has 0 saturated heterocycles. The third-order valence-electron chi connectivity index (χ3n) is 3.02. The maximum absolute atomic E-state index is 12.1. The van der Waals surface area contributed by atoms with Crippen LogP contribution in [0.25, 0.3) is 11.4 Å². The number of rotatable bonds is 5. The summed E-state index contributed by atoms with van der Waals surface area (Å²) in [4.78, 5) is 32.3. The summed E-state index contributed by atoms with van der Waals surface area (Å²) < 4.78 is 9.70. The fourth-order valence-electron chi connectivity index (χ4n) is 1.86. The molecule has 3 aromatic rings. The van der Waals surface area contributed by atoms with E-state index in [1.807, 2.05) is 0 Å². The van der Waals surface area contributed by atoms with E-state index in [1.165, 1.54) is 7.11 Å². The number of thiophene rings is 1. The Hall–Kier alpha value is -3.07.